The summed E-state index contributed by atoms with van der Waals surface area (Å²) in [4.78, 5) is 18.2. The average molecular weight is 452 g/mol. The summed E-state index contributed by atoms with van der Waals surface area (Å²) in [6.07, 6.45) is -2.65. The first kappa shape index (κ1) is 22.6. The minimum atomic E-state index is -5.01. The fraction of sp³-hybridized carbons (Fsp3) is 0.591. The zero-order valence-corrected chi connectivity index (χ0v) is 18.2. The summed E-state index contributed by atoms with van der Waals surface area (Å²) >= 11 is 0. The van der Waals surface area contributed by atoms with E-state index in [-0.39, 0.29) is 30.3 Å². The van der Waals surface area contributed by atoms with E-state index >= 15 is 0 Å². The van der Waals surface area contributed by atoms with Crippen LogP contribution in [0.5, 0.6) is 5.75 Å². The molecule has 0 bridgehead atoms. The number of ether oxygens (including phenoxy) is 1. The Kier molecular flexibility index (Phi) is 5.47. The second-order valence-corrected chi connectivity index (χ2v) is 9.09. The lowest BCUT2D eigenvalue weighted by atomic mass is 9.74. The molecule has 2 heterocycles. The molecular formula is C22H27F3N4O3. The van der Waals surface area contributed by atoms with Gasteiger partial charge < -0.3 is 14.7 Å². The highest BCUT2D eigenvalue weighted by molar-refractivity contribution is 5.85. The second kappa shape index (κ2) is 7.75. The van der Waals surface area contributed by atoms with Crippen molar-refractivity contribution >= 4 is 5.91 Å². The fourth-order valence-electron chi connectivity index (χ4n) is 4.85. The Morgan fingerprint density at radius 2 is 1.94 bits per heavy atom. The SMILES string of the molecule is COc1ccc(-c2n[nH]c(C3([C@@H]4CCN(C(=O)C(C)(O)C(F)(F)F)C[C@@H]4C)CC3)n2)cc1. The van der Waals surface area contributed by atoms with Crippen LogP contribution in [0, 0.1) is 11.8 Å². The molecule has 2 N–H and O–H groups in total. The van der Waals surface area contributed by atoms with Crippen LogP contribution in [0.3, 0.4) is 0 Å². The Bertz CT molecular complexity index is 983. The average Bonchev–Trinajstić information content (AvgIpc) is 3.40. The lowest BCUT2D eigenvalue weighted by molar-refractivity contribution is -0.251. The normalized spacial score (nSPS) is 24.7. The van der Waals surface area contributed by atoms with Gasteiger partial charge in [-0.3, -0.25) is 9.89 Å². The molecular weight excluding hydrogens is 425 g/mol. The van der Waals surface area contributed by atoms with Gasteiger partial charge in [-0.15, -0.1) is 0 Å². The first-order chi connectivity index (χ1) is 15.0. The van der Waals surface area contributed by atoms with Gasteiger partial charge in [0, 0.05) is 24.1 Å². The van der Waals surface area contributed by atoms with Crippen molar-refractivity contribution in [3.63, 3.8) is 0 Å². The number of hydrogen-bond acceptors (Lipinski definition) is 5. The van der Waals surface area contributed by atoms with Crippen LogP contribution in [0.4, 0.5) is 13.2 Å². The largest absolute Gasteiger partial charge is 0.497 e. The van der Waals surface area contributed by atoms with Gasteiger partial charge in [0.05, 0.1) is 7.11 Å². The summed E-state index contributed by atoms with van der Waals surface area (Å²) in [5, 5.41) is 17.2. The molecule has 1 saturated heterocycles. The maximum atomic E-state index is 13.1. The number of nitrogens with zero attached hydrogens (tertiary/aromatic N) is 3. The molecule has 10 heteroatoms. The van der Waals surface area contributed by atoms with Crippen LogP contribution in [0.25, 0.3) is 11.4 Å². The molecule has 0 spiro atoms. The third-order valence-electron chi connectivity index (χ3n) is 6.96. The quantitative estimate of drug-likeness (QED) is 0.726. The first-order valence-corrected chi connectivity index (χ1v) is 10.7. The summed E-state index contributed by atoms with van der Waals surface area (Å²) in [6, 6.07) is 7.43. The van der Waals surface area contributed by atoms with E-state index in [0.29, 0.717) is 19.2 Å². The van der Waals surface area contributed by atoms with Crippen molar-refractivity contribution in [2.24, 2.45) is 11.8 Å². The van der Waals surface area contributed by atoms with Gasteiger partial charge in [-0.05, 0) is 62.3 Å². The number of rotatable bonds is 5. The topological polar surface area (TPSA) is 91.3 Å². The number of nitrogens with one attached hydrogen (secondary N) is 1. The van der Waals surface area contributed by atoms with Crippen LogP contribution in [0.1, 0.15) is 38.9 Å². The van der Waals surface area contributed by atoms with E-state index in [1.54, 1.807) is 7.11 Å². The maximum Gasteiger partial charge on any atom is 0.426 e. The van der Waals surface area contributed by atoms with Gasteiger partial charge in [0.2, 0.25) is 5.60 Å². The lowest BCUT2D eigenvalue weighted by Gasteiger charge is -2.42. The van der Waals surface area contributed by atoms with E-state index in [2.05, 4.69) is 10.2 Å². The molecule has 0 radical (unpaired) electrons. The van der Waals surface area contributed by atoms with Crippen molar-refractivity contribution in [3.8, 4) is 17.1 Å². The smallest absolute Gasteiger partial charge is 0.426 e. The highest BCUT2D eigenvalue weighted by atomic mass is 19.4. The van der Waals surface area contributed by atoms with E-state index < -0.39 is 17.7 Å². The zero-order chi connectivity index (χ0) is 23.3. The number of halogens is 3. The number of piperidine rings is 1. The Balaban J connectivity index is 1.48. The number of benzene rings is 1. The van der Waals surface area contributed by atoms with E-state index in [9.17, 15) is 23.1 Å². The van der Waals surface area contributed by atoms with Crippen LogP contribution in [-0.4, -0.2) is 63.1 Å². The maximum absolute atomic E-state index is 13.1. The molecule has 1 aliphatic carbocycles. The Morgan fingerprint density at radius 3 is 2.47 bits per heavy atom. The number of carbonyl (C=O) groups excluding carboxylic acids is 1. The minimum absolute atomic E-state index is 0.0474. The van der Waals surface area contributed by atoms with Crippen LogP contribution >= 0.6 is 0 Å². The van der Waals surface area contributed by atoms with Crippen molar-refractivity contribution in [1.29, 1.82) is 0 Å². The zero-order valence-electron chi connectivity index (χ0n) is 18.2. The third-order valence-corrected chi connectivity index (χ3v) is 6.96. The number of amides is 1. The molecule has 1 saturated carbocycles. The Labute approximate surface area is 184 Å². The summed E-state index contributed by atoms with van der Waals surface area (Å²) in [5.74, 6) is 0.912. The molecule has 1 aromatic heterocycles. The minimum Gasteiger partial charge on any atom is -0.497 e. The number of carbonyl (C=O) groups is 1. The molecule has 1 aliphatic heterocycles. The number of alkyl halides is 3. The summed E-state index contributed by atoms with van der Waals surface area (Å²) in [5.41, 5.74) is -2.74. The van der Waals surface area contributed by atoms with Crippen molar-refractivity contribution < 1.29 is 27.8 Å². The van der Waals surface area contributed by atoms with Crippen LogP contribution < -0.4 is 4.74 Å². The van der Waals surface area contributed by atoms with E-state index in [4.69, 9.17) is 9.72 Å². The molecule has 2 aliphatic rings. The molecule has 2 aromatic rings. The monoisotopic (exact) mass is 452 g/mol. The lowest BCUT2D eigenvalue weighted by Crippen LogP contribution is -2.59. The number of aliphatic hydroxyl groups is 1. The van der Waals surface area contributed by atoms with Crippen molar-refractivity contribution in [2.75, 3.05) is 20.2 Å². The van der Waals surface area contributed by atoms with Crippen molar-refractivity contribution in [3.05, 3.63) is 30.1 Å². The van der Waals surface area contributed by atoms with Gasteiger partial charge >= 0.3 is 6.18 Å². The predicted molar refractivity (Wildman–Crippen MR) is 110 cm³/mol. The molecule has 2 fully saturated rings. The number of likely N-dealkylation sites (tertiary alicyclic amines) is 1. The Hall–Kier alpha value is -2.62. The van der Waals surface area contributed by atoms with Gasteiger partial charge in [0.1, 0.15) is 11.6 Å². The van der Waals surface area contributed by atoms with Gasteiger partial charge in [0.25, 0.3) is 5.91 Å². The molecule has 3 atom stereocenters. The van der Waals surface area contributed by atoms with Gasteiger partial charge in [-0.25, -0.2) is 4.98 Å². The third kappa shape index (κ3) is 3.74. The fourth-order valence-corrected chi connectivity index (χ4v) is 4.85. The highest BCUT2D eigenvalue weighted by Crippen LogP contribution is 2.57. The summed E-state index contributed by atoms with van der Waals surface area (Å²) in [7, 11) is 1.60. The van der Waals surface area contributed by atoms with Crippen LogP contribution in [0.15, 0.2) is 24.3 Å². The molecule has 1 unspecified atom stereocenters. The molecule has 32 heavy (non-hydrogen) atoms. The standard InChI is InChI=1S/C22H27F3N4O3/c1-13-12-29(19(30)20(2,31)22(23,24)25)11-8-16(13)21(9-10-21)18-26-17(27-28-18)14-4-6-15(32-3)7-5-14/h4-7,13,16,31H,8-12H2,1-3H3,(H,26,27,28)/t13-,16+,20?/m0/s1. The van der Waals surface area contributed by atoms with Crippen LogP contribution in [-0.2, 0) is 10.2 Å². The molecule has 174 valence electrons. The van der Waals surface area contributed by atoms with Gasteiger partial charge in [-0.2, -0.15) is 18.3 Å². The van der Waals surface area contributed by atoms with E-state index in [1.807, 2.05) is 31.2 Å². The molecule has 7 nitrogen and oxygen atoms in total. The number of aromatic amines is 1. The van der Waals surface area contributed by atoms with Gasteiger partial charge in [-0.1, -0.05) is 6.92 Å². The highest BCUT2D eigenvalue weighted by Gasteiger charge is 2.59. The Morgan fingerprint density at radius 1 is 1.28 bits per heavy atom. The number of aromatic nitrogens is 3. The van der Waals surface area contributed by atoms with Gasteiger partial charge in [0.15, 0.2) is 5.82 Å². The number of H-pyrrole nitrogens is 1. The van der Waals surface area contributed by atoms with Crippen molar-refractivity contribution in [1.82, 2.24) is 20.1 Å². The predicted octanol–water partition coefficient (Wildman–Crippen LogP) is 3.31. The summed E-state index contributed by atoms with van der Waals surface area (Å²) in [6.45, 7) is 2.79. The van der Waals surface area contributed by atoms with E-state index in [1.165, 1.54) is 0 Å². The second-order valence-electron chi connectivity index (χ2n) is 9.09. The number of methoxy groups -OCH3 is 1. The van der Waals surface area contributed by atoms with Crippen LogP contribution in [0.2, 0.25) is 0 Å². The molecule has 1 amide bonds. The number of hydrogen-bond donors (Lipinski definition) is 2. The first-order valence-electron chi connectivity index (χ1n) is 10.7. The summed E-state index contributed by atoms with van der Waals surface area (Å²) < 4.78 is 44.5. The molecule has 1 aromatic carbocycles. The van der Waals surface area contributed by atoms with E-state index in [0.717, 1.165) is 34.9 Å². The van der Waals surface area contributed by atoms with Crippen molar-refractivity contribution in [2.45, 2.75) is 50.3 Å². The molecule has 4 rings (SSSR count).